The highest BCUT2D eigenvalue weighted by Crippen LogP contribution is 2.30. The van der Waals surface area contributed by atoms with E-state index in [-0.39, 0.29) is 5.56 Å². The molecule has 0 saturated carbocycles. The van der Waals surface area contributed by atoms with Crippen molar-refractivity contribution in [1.29, 1.82) is 0 Å². The van der Waals surface area contributed by atoms with E-state index in [0.717, 1.165) is 5.69 Å². The number of aromatic nitrogens is 1. The van der Waals surface area contributed by atoms with E-state index >= 15 is 0 Å². The maximum atomic E-state index is 13.1. The van der Waals surface area contributed by atoms with E-state index in [4.69, 9.17) is 11.6 Å². The number of benzene rings is 1. The third-order valence-corrected chi connectivity index (χ3v) is 3.63. The van der Waals surface area contributed by atoms with Crippen LogP contribution in [0, 0.1) is 13.8 Å². The van der Waals surface area contributed by atoms with Crippen molar-refractivity contribution < 1.29 is 13.6 Å². The van der Waals surface area contributed by atoms with E-state index in [1.165, 1.54) is 6.07 Å². The number of hydrogen-bond donors (Lipinski definition) is 0. The quantitative estimate of drug-likeness (QED) is 0.468. The Morgan fingerprint density at radius 3 is 2.14 bits per heavy atom. The van der Waals surface area contributed by atoms with Gasteiger partial charge in [0.2, 0.25) is 5.78 Å². The number of halogens is 4. The van der Waals surface area contributed by atoms with E-state index in [1.807, 2.05) is 13.8 Å². The summed E-state index contributed by atoms with van der Waals surface area (Å²) in [5.74, 6) is -1.24. The molecule has 0 amide bonds. The average Bonchev–Trinajstić information content (AvgIpc) is 2.75. The van der Waals surface area contributed by atoms with Gasteiger partial charge in [0.05, 0.1) is 0 Å². The van der Waals surface area contributed by atoms with Crippen molar-refractivity contribution in [2.75, 3.05) is 0 Å². The highest BCUT2D eigenvalue weighted by Gasteiger charge is 2.37. The lowest BCUT2D eigenvalue weighted by molar-refractivity contribution is 0.0592. The molecule has 2 nitrogen and oxygen atoms in total. The standard InChI is InChI=1S/C14H11BrClF2NO.C2H6/c1-8-7-12(13(20)14(15,17)18)9(2)19(8)11-5-3-10(16)4-6-11;1-2/h3-7H,1-2H3;1-2H3. The molecule has 2 aromatic rings. The minimum absolute atomic E-state index is 0.000625. The molecule has 22 heavy (non-hydrogen) atoms. The Hall–Kier alpha value is -1.20. The predicted octanol–water partition coefficient (Wildman–Crippen LogP) is 5.94. The first-order valence-corrected chi connectivity index (χ1v) is 7.95. The minimum Gasteiger partial charge on any atom is -0.318 e. The molecular formula is C16H17BrClF2NO. The molecule has 2 rings (SSSR count). The van der Waals surface area contributed by atoms with Crippen LogP contribution in [0.5, 0.6) is 0 Å². The van der Waals surface area contributed by atoms with Gasteiger partial charge in [-0.3, -0.25) is 4.79 Å². The van der Waals surface area contributed by atoms with Crippen LogP contribution in [0.2, 0.25) is 5.02 Å². The highest BCUT2D eigenvalue weighted by atomic mass is 79.9. The van der Waals surface area contributed by atoms with Gasteiger partial charge in [-0.15, -0.1) is 0 Å². The third kappa shape index (κ3) is 3.96. The normalized spacial score (nSPS) is 10.9. The predicted molar refractivity (Wildman–Crippen MR) is 89.8 cm³/mol. The Morgan fingerprint density at radius 2 is 1.68 bits per heavy atom. The molecular weight excluding hydrogens is 376 g/mol. The highest BCUT2D eigenvalue weighted by molar-refractivity contribution is 9.10. The van der Waals surface area contributed by atoms with Crippen LogP contribution in [0.4, 0.5) is 8.78 Å². The van der Waals surface area contributed by atoms with E-state index in [2.05, 4.69) is 15.9 Å². The summed E-state index contributed by atoms with van der Waals surface area (Å²) in [6, 6.07) is 8.40. The third-order valence-electron chi connectivity index (χ3n) is 3.02. The second-order valence-electron chi connectivity index (χ2n) is 4.42. The number of Topliss-reactive ketones (excluding diaryl/α,β-unsaturated/α-hetero) is 1. The zero-order valence-electron chi connectivity index (χ0n) is 12.8. The molecule has 0 radical (unpaired) electrons. The molecule has 0 bridgehead atoms. The SMILES string of the molecule is CC.Cc1cc(C(=O)C(F)(F)Br)c(C)n1-c1ccc(Cl)cc1. The Bertz CT molecular complexity index is 660. The number of carbonyl (C=O) groups excluding carboxylic acids is 1. The van der Waals surface area contributed by atoms with Crippen molar-refractivity contribution in [2.45, 2.75) is 32.5 Å². The Labute approximate surface area is 142 Å². The molecule has 120 valence electrons. The van der Waals surface area contributed by atoms with Crippen LogP contribution in [0.25, 0.3) is 5.69 Å². The molecule has 0 spiro atoms. The van der Waals surface area contributed by atoms with E-state index in [0.29, 0.717) is 16.4 Å². The topological polar surface area (TPSA) is 22.0 Å². The number of ketones is 1. The van der Waals surface area contributed by atoms with Crippen LogP contribution in [0.15, 0.2) is 30.3 Å². The summed E-state index contributed by atoms with van der Waals surface area (Å²) < 4.78 is 28.0. The zero-order valence-corrected chi connectivity index (χ0v) is 15.1. The fourth-order valence-electron chi connectivity index (χ4n) is 2.13. The lowest BCUT2D eigenvalue weighted by Crippen LogP contribution is -2.21. The maximum Gasteiger partial charge on any atom is 0.363 e. The van der Waals surface area contributed by atoms with Crippen molar-refractivity contribution in [3.63, 3.8) is 0 Å². The molecule has 0 fully saturated rings. The first-order chi connectivity index (χ1) is 10.2. The number of alkyl halides is 3. The average molecular weight is 393 g/mol. The van der Waals surface area contributed by atoms with Crippen LogP contribution in [0.3, 0.4) is 0 Å². The van der Waals surface area contributed by atoms with Crippen molar-refractivity contribution in [2.24, 2.45) is 0 Å². The molecule has 1 aromatic carbocycles. The van der Waals surface area contributed by atoms with Crippen molar-refractivity contribution >= 4 is 33.3 Å². The number of hydrogen-bond acceptors (Lipinski definition) is 1. The van der Waals surface area contributed by atoms with Crippen molar-refractivity contribution in [3.8, 4) is 5.69 Å². The monoisotopic (exact) mass is 391 g/mol. The van der Waals surface area contributed by atoms with Crippen LogP contribution < -0.4 is 0 Å². The van der Waals surface area contributed by atoms with Crippen LogP contribution in [-0.2, 0) is 0 Å². The van der Waals surface area contributed by atoms with Gasteiger partial charge in [0, 0.05) is 27.7 Å². The van der Waals surface area contributed by atoms with Gasteiger partial charge >= 0.3 is 4.83 Å². The summed E-state index contributed by atoms with van der Waals surface area (Å²) in [6.45, 7) is 7.39. The molecule has 0 aliphatic rings. The Balaban J connectivity index is 0.00000116. The van der Waals surface area contributed by atoms with Gasteiger partial charge in [-0.1, -0.05) is 25.4 Å². The van der Waals surface area contributed by atoms with E-state index in [1.54, 1.807) is 42.7 Å². The second-order valence-corrected chi connectivity index (χ2v) is 5.86. The van der Waals surface area contributed by atoms with Crippen molar-refractivity contribution in [3.05, 3.63) is 52.3 Å². The summed E-state index contributed by atoms with van der Waals surface area (Å²) in [6.07, 6.45) is 0. The van der Waals surface area contributed by atoms with Gasteiger partial charge in [-0.2, -0.15) is 8.78 Å². The number of nitrogens with zero attached hydrogens (tertiary/aromatic N) is 1. The summed E-state index contributed by atoms with van der Waals surface area (Å²) in [7, 11) is 0. The van der Waals surface area contributed by atoms with Gasteiger partial charge < -0.3 is 4.57 Å². The molecule has 0 atom stereocenters. The minimum atomic E-state index is -3.56. The lowest BCUT2D eigenvalue weighted by Gasteiger charge is -2.11. The fraction of sp³-hybridized carbons (Fsp3) is 0.312. The van der Waals surface area contributed by atoms with E-state index < -0.39 is 10.6 Å². The molecule has 1 heterocycles. The summed E-state index contributed by atoms with van der Waals surface area (Å²) in [4.78, 5) is 8.15. The van der Waals surface area contributed by atoms with Crippen LogP contribution in [0.1, 0.15) is 35.6 Å². The number of aryl methyl sites for hydroxylation is 1. The van der Waals surface area contributed by atoms with Gasteiger partial charge in [0.15, 0.2) is 0 Å². The molecule has 6 heteroatoms. The van der Waals surface area contributed by atoms with Crippen LogP contribution in [-0.4, -0.2) is 15.2 Å². The molecule has 0 saturated heterocycles. The van der Waals surface area contributed by atoms with Crippen molar-refractivity contribution in [1.82, 2.24) is 4.57 Å². The number of rotatable bonds is 3. The molecule has 1 aromatic heterocycles. The van der Waals surface area contributed by atoms with Gasteiger partial charge in [0.1, 0.15) is 0 Å². The first-order valence-electron chi connectivity index (χ1n) is 6.78. The van der Waals surface area contributed by atoms with Gasteiger partial charge in [-0.05, 0) is 60.1 Å². The molecule has 0 unspecified atom stereocenters. The molecule has 0 N–H and O–H groups in total. The fourth-order valence-corrected chi connectivity index (χ4v) is 2.47. The maximum absolute atomic E-state index is 13.1. The summed E-state index contributed by atoms with van der Waals surface area (Å²) in [5, 5.41) is 0.583. The molecule has 0 aliphatic carbocycles. The smallest absolute Gasteiger partial charge is 0.318 e. The summed E-state index contributed by atoms with van der Waals surface area (Å²) in [5.41, 5.74) is 1.93. The Kier molecular flexibility index (Phi) is 6.32. The van der Waals surface area contributed by atoms with E-state index in [9.17, 15) is 13.6 Å². The zero-order chi connectivity index (χ0) is 17.1. The summed E-state index contributed by atoms with van der Waals surface area (Å²) >= 11 is 7.93. The number of carbonyl (C=O) groups is 1. The largest absolute Gasteiger partial charge is 0.363 e. The molecule has 0 aliphatic heterocycles. The van der Waals surface area contributed by atoms with Crippen LogP contribution >= 0.6 is 27.5 Å². The Morgan fingerprint density at radius 1 is 1.18 bits per heavy atom. The first kappa shape index (κ1) is 18.8. The van der Waals surface area contributed by atoms with Gasteiger partial charge in [-0.25, -0.2) is 0 Å². The second kappa shape index (κ2) is 7.38. The van der Waals surface area contributed by atoms with Gasteiger partial charge in [0.25, 0.3) is 0 Å². The lowest BCUT2D eigenvalue weighted by atomic mass is 10.1.